The quantitative estimate of drug-likeness (QED) is 0.531. The molecule has 0 unspecified atom stereocenters. The summed E-state index contributed by atoms with van der Waals surface area (Å²) >= 11 is 0. The van der Waals surface area contributed by atoms with Crippen molar-refractivity contribution in [1.82, 2.24) is 0 Å². The summed E-state index contributed by atoms with van der Waals surface area (Å²) < 4.78 is -0.893. The molecule has 1 aromatic rings. The monoisotopic (exact) mass is 219 g/mol. The second-order valence-electron chi connectivity index (χ2n) is 4.05. The van der Waals surface area contributed by atoms with Crippen LogP contribution in [0, 0.1) is 5.21 Å². The number of quaternary nitrogens is 1. The zero-order valence-corrected chi connectivity index (χ0v) is 8.89. The highest BCUT2D eigenvalue weighted by Gasteiger charge is 2.33. The molecule has 4 nitrogen and oxygen atoms in total. The van der Waals surface area contributed by atoms with Gasteiger partial charge < -0.3 is 5.21 Å². The molecule has 2 rings (SSSR count). The minimum Gasteiger partial charge on any atom is -0.625 e. The number of hydrogen-bond donors (Lipinski definition) is 0. The van der Waals surface area contributed by atoms with E-state index in [1.165, 1.54) is 0 Å². The Morgan fingerprint density at radius 2 is 1.69 bits per heavy atom. The summed E-state index contributed by atoms with van der Waals surface area (Å²) in [7, 11) is 0. The van der Waals surface area contributed by atoms with Crippen LogP contribution in [0.5, 0.6) is 0 Å². The molecule has 1 heterocycles. The van der Waals surface area contributed by atoms with E-state index < -0.39 is 10.6 Å². The lowest BCUT2D eigenvalue weighted by molar-refractivity contribution is -0.799. The molecule has 0 saturated carbocycles. The zero-order valence-electron chi connectivity index (χ0n) is 8.89. The van der Waals surface area contributed by atoms with Crippen molar-refractivity contribution >= 4 is 11.7 Å². The van der Waals surface area contributed by atoms with Crippen LogP contribution in [0.1, 0.15) is 23.2 Å². The Morgan fingerprint density at radius 3 is 2.25 bits per heavy atom. The van der Waals surface area contributed by atoms with E-state index in [0.717, 1.165) is 0 Å². The molecule has 0 aromatic heterocycles. The topological polar surface area (TPSA) is 57.2 Å². The van der Waals surface area contributed by atoms with Crippen LogP contribution in [-0.4, -0.2) is 29.4 Å². The molecule has 84 valence electrons. The van der Waals surface area contributed by atoms with Gasteiger partial charge in [0.1, 0.15) is 5.78 Å². The Kier molecular flexibility index (Phi) is 2.85. The molecule has 0 spiro atoms. The fraction of sp³-hybridized carbons (Fsp3) is 0.333. The third-order valence-corrected chi connectivity index (χ3v) is 2.89. The van der Waals surface area contributed by atoms with E-state index in [0.29, 0.717) is 5.56 Å². The third kappa shape index (κ3) is 2.03. The number of amides is 1. The first-order valence-corrected chi connectivity index (χ1v) is 5.31. The number of nitrogens with zero attached hydrogens (tertiary/aromatic N) is 1. The summed E-state index contributed by atoms with van der Waals surface area (Å²) in [4.78, 5) is 23.0. The van der Waals surface area contributed by atoms with Crippen molar-refractivity contribution in [3.05, 3.63) is 41.1 Å². The molecule has 0 radical (unpaired) electrons. The van der Waals surface area contributed by atoms with Crippen LogP contribution in [0.3, 0.4) is 0 Å². The number of carbonyl (C=O) groups is 2. The Hall–Kier alpha value is -1.52. The van der Waals surface area contributed by atoms with Gasteiger partial charge in [-0.3, -0.25) is 9.44 Å². The first-order valence-electron chi connectivity index (χ1n) is 5.31. The highest BCUT2D eigenvalue weighted by molar-refractivity contribution is 5.90. The van der Waals surface area contributed by atoms with Crippen molar-refractivity contribution in [2.75, 3.05) is 13.1 Å². The number of Topliss-reactive ketones (excluding diaryl/α,β-unsaturated/α-hetero) is 1. The Labute approximate surface area is 93.7 Å². The molecule has 1 aromatic carbocycles. The van der Waals surface area contributed by atoms with Gasteiger partial charge in [0.15, 0.2) is 0 Å². The number of ketones is 1. The number of carbonyl (C=O) groups excluding carboxylic acids is 2. The van der Waals surface area contributed by atoms with Crippen molar-refractivity contribution in [2.24, 2.45) is 0 Å². The minimum absolute atomic E-state index is 0.0745. The van der Waals surface area contributed by atoms with E-state index in [4.69, 9.17) is 0 Å². The fourth-order valence-corrected chi connectivity index (χ4v) is 1.87. The van der Waals surface area contributed by atoms with Crippen molar-refractivity contribution in [2.45, 2.75) is 12.8 Å². The average Bonchev–Trinajstić information content (AvgIpc) is 2.33. The second kappa shape index (κ2) is 4.15. The lowest BCUT2D eigenvalue weighted by Gasteiger charge is -2.41. The van der Waals surface area contributed by atoms with Crippen LogP contribution >= 0.6 is 0 Å². The van der Waals surface area contributed by atoms with Crippen molar-refractivity contribution in [1.29, 1.82) is 0 Å². The molecule has 1 saturated heterocycles. The lowest BCUT2D eigenvalue weighted by atomic mass is 10.1. The van der Waals surface area contributed by atoms with E-state index >= 15 is 0 Å². The molecule has 0 aliphatic carbocycles. The summed E-state index contributed by atoms with van der Waals surface area (Å²) in [6.45, 7) is 0.152. The van der Waals surface area contributed by atoms with E-state index in [9.17, 15) is 14.8 Å². The maximum Gasteiger partial charge on any atom is 0.345 e. The first kappa shape index (κ1) is 11.0. The Morgan fingerprint density at radius 1 is 1.12 bits per heavy atom. The first-order chi connectivity index (χ1) is 7.62. The van der Waals surface area contributed by atoms with Gasteiger partial charge in [0.25, 0.3) is 0 Å². The van der Waals surface area contributed by atoms with Crippen molar-refractivity contribution < 1.29 is 14.2 Å². The number of benzene rings is 1. The molecule has 0 N–H and O–H groups in total. The van der Waals surface area contributed by atoms with Crippen molar-refractivity contribution in [3.8, 4) is 0 Å². The standard InChI is InChI=1S/C12H13NO3/c14-11-6-8-13(16,9-7-11)12(15)10-4-2-1-3-5-10/h1-5H,6-9H2. The number of rotatable bonds is 1. The second-order valence-corrected chi connectivity index (χ2v) is 4.05. The van der Waals surface area contributed by atoms with Gasteiger partial charge in [-0.05, 0) is 12.1 Å². The number of hydrogen-bond acceptors (Lipinski definition) is 3. The SMILES string of the molecule is O=C1CC[N+]([O-])(C(=O)c2ccccc2)CC1. The van der Waals surface area contributed by atoms with Crippen LogP contribution < -0.4 is 0 Å². The summed E-state index contributed by atoms with van der Waals surface area (Å²) in [6.07, 6.45) is 0.421. The normalized spacial score (nSPS) is 19.4. The van der Waals surface area contributed by atoms with Crippen molar-refractivity contribution in [3.63, 3.8) is 0 Å². The summed E-state index contributed by atoms with van der Waals surface area (Å²) in [5, 5.41) is 12.2. The van der Waals surface area contributed by atoms with Gasteiger partial charge in [-0.1, -0.05) is 18.2 Å². The predicted octanol–water partition coefficient (Wildman–Crippen LogP) is 1.50. The van der Waals surface area contributed by atoms with Gasteiger partial charge in [0, 0.05) is 0 Å². The molecule has 0 bridgehead atoms. The largest absolute Gasteiger partial charge is 0.625 e. The number of hydroxylamine groups is 3. The molecular formula is C12H13NO3. The van der Waals surface area contributed by atoms with Crippen LogP contribution in [0.25, 0.3) is 0 Å². The molecule has 0 atom stereocenters. The van der Waals surface area contributed by atoms with E-state index in [-0.39, 0.29) is 31.7 Å². The van der Waals surface area contributed by atoms with Crippen LogP contribution in [-0.2, 0) is 4.79 Å². The van der Waals surface area contributed by atoms with Gasteiger partial charge in [-0.25, -0.2) is 4.79 Å². The predicted molar refractivity (Wildman–Crippen MR) is 58.4 cm³/mol. The number of likely N-dealkylation sites (tertiary alicyclic amines) is 1. The Bertz CT molecular complexity index is 404. The third-order valence-electron chi connectivity index (χ3n) is 2.89. The molecule has 1 amide bonds. The molecule has 1 aliphatic rings. The van der Waals surface area contributed by atoms with Crippen LogP contribution in [0.2, 0.25) is 0 Å². The summed E-state index contributed by atoms with van der Waals surface area (Å²) in [5.41, 5.74) is 0.423. The lowest BCUT2D eigenvalue weighted by Crippen LogP contribution is -2.52. The highest BCUT2D eigenvalue weighted by Crippen LogP contribution is 2.19. The average molecular weight is 219 g/mol. The molecule has 4 heteroatoms. The van der Waals surface area contributed by atoms with Gasteiger partial charge >= 0.3 is 5.91 Å². The van der Waals surface area contributed by atoms with Crippen LogP contribution in [0.4, 0.5) is 0 Å². The van der Waals surface area contributed by atoms with E-state index in [1.807, 2.05) is 0 Å². The maximum atomic E-state index is 12.2. The highest BCUT2D eigenvalue weighted by atomic mass is 16.6. The number of piperidine rings is 1. The van der Waals surface area contributed by atoms with Gasteiger partial charge in [-0.2, -0.15) is 0 Å². The summed E-state index contributed by atoms with van der Waals surface area (Å²) in [5.74, 6) is -0.362. The minimum atomic E-state index is -0.893. The van der Waals surface area contributed by atoms with Gasteiger partial charge in [-0.15, -0.1) is 0 Å². The van der Waals surface area contributed by atoms with Gasteiger partial charge in [0.05, 0.1) is 31.5 Å². The zero-order chi connectivity index (χ0) is 11.6. The van der Waals surface area contributed by atoms with Crippen LogP contribution in [0.15, 0.2) is 30.3 Å². The maximum absolute atomic E-state index is 12.2. The molecule has 1 aliphatic heterocycles. The van der Waals surface area contributed by atoms with E-state index in [2.05, 4.69) is 0 Å². The Balaban J connectivity index is 2.19. The molecule has 16 heavy (non-hydrogen) atoms. The van der Waals surface area contributed by atoms with E-state index in [1.54, 1.807) is 30.3 Å². The van der Waals surface area contributed by atoms with Gasteiger partial charge in [0.2, 0.25) is 0 Å². The fourth-order valence-electron chi connectivity index (χ4n) is 1.87. The smallest absolute Gasteiger partial charge is 0.345 e. The summed E-state index contributed by atoms with van der Waals surface area (Å²) in [6, 6.07) is 8.53. The molecular weight excluding hydrogens is 206 g/mol. The molecule has 1 fully saturated rings.